The number of carbonyl (C=O) groups excluding carboxylic acids is 1. The molecule has 0 spiro atoms. The Balaban J connectivity index is 2.59. The third-order valence-electron chi connectivity index (χ3n) is 1.00. The smallest absolute Gasteiger partial charge is 0.355 e. The number of carbonyl (C=O) groups is 1. The first-order valence-electron chi connectivity index (χ1n) is 2.71. The van der Waals surface area contributed by atoms with E-state index in [9.17, 15) is 4.79 Å². The number of ether oxygens (including phenoxy) is 1. The molecule has 0 saturated heterocycles. The first-order chi connectivity index (χ1) is 4.84. The maximum Gasteiger partial charge on any atom is 0.355 e. The lowest BCUT2D eigenvalue weighted by molar-refractivity contribution is 0.0578. The van der Waals surface area contributed by atoms with Gasteiger partial charge >= 0.3 is 5.97 Å². The average Bonchev–Trinajstić information content (AvgIpc) is 2.38. The van der Waals surface area contributed by atoms with E-state index < -0.39 is 0 Å². The summed E-state index contributed by atoms with van der Waals surface area (Å²) in [4.78, 5) is 13.5. The van der Waals surface area contributed by atoms with Crippen LogP contribution in [0.2, 0.25) is 0 Å². The van der Waals surface area contributed by atoms with Crippen LogP contribution in [0.3, 0.4) is 0 Å². The molecule has 0 aliphatic rings. The Bertz CT molecular complexity index is 208. The van der Waals surface area contributed by atoms with Crippen LogP contribution in [-0.4, -0.2) is 16.5 Å². The van der Waals surface area contributed by atoms with Gasteiger partial charge in [-0.2, -0.15) is 0 Å². The number of aromatic nitrogens is 1. The van der Waals surface area contributed by atoms with Crippen LogP contribution < -0.4 is 0 Å². The maximum absolute atomic E-state index is 10.8. The van der Waals surface area contributed by atoms with Crippen LogP contribution >= 0.6 is 15.9 Å². The monoisotopic (exact) mass is 203 g/mol. The van der Waals surface area contributed by atoms with E-state index in [2.05, 4.69) is 25.7 Å². The number of esters is 1. The molecule has 1 aromatic rings. The van der Waals surface area contributed by atoms with Gasteiger partial charge in [0.25, 0.3) is 0 Å². The number of alkyl halides is 1. The van der Waals surface area contributed by atoms with E-state index in [1.165, 1.54) is 0 Å². The maximum atomic E-state index is 10.8. The van der Waals surface area contributed by atoms with Gasteiger partial charge in [0.2, 0.25) is 0 Å². The number of rotatable bonds is 2. The van der Waals surface area contributed by atoms with Crippen molar-refractivity contribution in [3.05, 3.63) is 24.0 Å². The van der Waals surface area contributed by atoms with E-state index in [1.807, 2.05) is 0 Å². The SMILES string of the molecule is O=C(OCBr)c1ccc[nH]1. The zero-order valence-electron chi connectivity index (χ0n) is 5.13. The molecule has 0 aromatic carbocycles. The molecule has 0 unspecified atom stereocenters. The highest BCUT2D eigenvalue weighted by atomic mass is 79.9. The molecule has 3 nitrogen and oxygen atoms in total. The Morgan fingerprint density at radius 2 is 2.60 bits per heavy atom. The van der Waals surface area contributed by atoms with Gasteiger partial charge in [-0.1, -0.05) is 0 Å². The number of hydrogen-bond donors (Lipinski definition) is 1. The van der Waals surface area contributed by atoms with Crippen LogP contribution in [0.5, 0.6) is 0 Å². The van der Waals surface area contributed by atoms with Crippen molar-refractivity contribution in [3.63, 3.8) is 0 Å². The van der Waals surface area contributed by atoms with Gasteiger partial charge < -0.3 is 9.72 Å². The van der Waals surface area contributed by atoms with Gasteiger partial charge in [0.1, 0.15) is 11.2 Å². The molecule has 4 heteroatoms. The fraction of sp³-hybridized carbons (Fsp3) is 0.167. The minimum absolute atomic E-state index is 0.227. The summed E-state index contributed by atoms with van der Waals surface area (Å²) >= 11 is 2.98. The predicted molar refractivity (Wildman–Crippen MR) is 40.0 cm³/mol. The second-order valence-corrected chi connectivity index (χ2v) is 2.08. The Kier molecular flexibility index (Phi) is 2.50. The van der Waals surface area contributed by atoms with Crippen LogP contribution in [0, 0.1) is 0 Å². The molecule has 54 valence electrons. The average molecular weight is 204 g/mol. The normalized spacial score (nSPS) is 9.30. The highest BCUT2D eigenvalue weighted by Gasteiger charge is 2.04. The van der Waals surface area contributed by atoms with Crippen LogP contribution in [0.4, 0.5) is 0 Å². The summed E-state index contributed by atoms with van der Waals surface area (Å²) in [6.07, 6.45) is 1.67. The van der Waals surface area contributed by atoms with E-state index in [0.29, 0.717) is 5.69 Å². The topological polar surface area (TPSA) is 42.1 Å². The Morgan fingerprint density at radius 1 is 1.80 bits per heavy atom. The number of aromatic amines is 1. The molecule has 0 atom stereocenters. The minimum atomic E-state index is -0.345. The van der Waals surface area contributed by atoms with Gasteiger partial charge in [-0.3, -0.25) is 0 Å². The van der Waals surface area contributed by atoms with Crippen molar-refractivity contribution in [2.75, 3.05) is 5.52 Å². The molecule has 1 aromatic heterocycles. The lowest BCUT2D eigenvalue weighted by Crippen LogP contribution is -2.02. The van der Waals surface area contributed by atoms with Crippen molar-refractivity contribution in [2.45, 2.75) is 0 Å². The summed E-state index contributed by atoms with van der Waals surface area (Å²) in [6, 6.07) is 3.40. The second kappa shape index (κ2) is 3.41. The fourth-order valence-corrected chi connectivity index (χ4v) is 0.793. The predicted octanol–water partition coefficient (Wildman–Crippen LogP) is 1.52. The molecule has 0 aliphatic carbocycles. The lowest BCUT2D eigenvalue weighted by atomic mass is 10.4. The van der Waals surface area contributed by atoms with Crippen LogP contribution in [0.25, 0.3) is 0 Å². The summed E-state index contributed by atoms with van der Waals surface area (Å²) in [5.74, 6) is -0.345. The van der Waals surface area contributed by atoms with Crippen LogP contribution in [0.1, 0.15) is 10.5 Å². The number of halogens is 1. The molecule has 0 amide bonds. The van der Waals surface area contributed by atoms with E-state index in [1.54, 1.807) is 18.3 Å². The molecular formula is C6H6BrNO2. The van der Waals surface area contributed by atoms with Gasteiger partial charge in [-0.05, 0) is 28.1 Å². The van der Waals surface area contributed by atoms with Crippen LogP contribution in [0.15, 0.2) is 18.3 Å². The first-order valence-corrected chi connectivity index (χ1v) is 3.83. The summed E-state index contributed by atoms with van der Waals surface area (Å²) in [5.41, 5.74) is 0.699. The number of nitrogens with one attached hydrogen (secondary N) is 1. The summed E-state index contributed by atoms with van der Waals surface area (Å²) in [5, 5.41) is 0. The molecule has 0 aliphatic heterocycles. The zero-order chi connectivity index (χ0) is 7.40. The highest BCUT2D eigenvalue weighted by molar-refractivity contribution is 9.09. The van der Waals surface area contributed by atoms with Gasteiger partial charge in [0.15, 0.2) is 0 Å². The first kappa shape index (κ1) is 7.34. The van der Waals surface area contributed by atoms with E-state index in [-0.39, 0.29) is 11.5 Å². The largest absolute Gasteiger partial charge is 0.449 e. The quantitative estimate of drug-likeness (QED) is 0.586. The summed E-state index contributed by atoms with van der Waals surface area (Å²) in [7, 11) is 0. The molecular weight excluding hydrogens is 198 g/mol. The van der Waals surface area contributed by atoms with Gasteiger partial charge in [0, 0.05) is 6.20 Å². The third kappa shape index (κ3) is 1.60. The number of H-pyrrole nitrogens is 1. The molecule has 1 N–H and O–H groups in total. The molecule has 0 saturated carbocycles. The summed E-state index contributed by atoms with van der Waals surface area (Å²) in [6.45, 7) is 0. The van der Waals surface area contributed by atoms with Crippen molar-refractivity contribution in [1.29, 1.82) is 0 Å². The summed E-state index contributed by atoms with van der Waals surface area (Å²) < 4.78 is 4.63. The van der Waals surface area contributed by atoms with E-state index in [4.69, 9.17) is 0 Å². The van der Waals surface area contributed by atoms with E-state index >= 15 is 0 Å². The molecule has 0 radical (unpaired) electrons. The zero-order valence-corrected chi connectivity index (χ0v) is 6.72. The Labute approximate surface area is 66.5 Å². The Hall–Kier alpha value is -0.770. The van der Waals surface area contributed by atoms with Gasteiger partial charge in [0.05, 0.1) is 0 Å². The molecule has 1 heterocycles. The third-order valence-corrected chi connectivity index (χ3v) is 1.23. The van der Waals surface area contributed by atoms with Gasteiger partial charge in [-0.15, -0.1) is 0 Å². The molecule has 1 rings (SSSR count). The van der Waals surface area contributed by atoms with E-state index in [0.717, 1.165) is 0 Å². The van der Waals surface area contributed by atoms with Crippen molar-refractivity contribution in [3.8, 4) is 0 Å². The second-order valence-electron chi connectivity index (χ2n) is 1.62. The standard InChI is InChI=1S/C6H6BrNO2/c7-4-10-6(9)5-2-1-3-8-5/h1-3,8H,4H2. The van der Waals surface area contributed by atoms with Crippen molar-refractivity contribution in [2.24, 2.45) is 0 Å². The van der Waals surface area contributed by atoms with Gasteiger partial charge in [-0.25, -0.2) is 4.79 Å². The molecule has 0 bridgehead atoms. The number of hydrogen-bond acceptors (Lipinski definition) is 2. The highest BCUT2D eigenvalue weighted by Crippen LogP contribution is 1.98. The Morgan fingerprint density at radius 3 is 3.10 bits per heavy atom. The van der Waals surface area contributed by atoms with Crippen molar-refractivity contribution < 1.29 is 9.53 Å². The van der Waals surface area contributed by atoms with Crippen molar-refractivity contribution in [1.82, 2.24) is 4.98 Å². The van der Waals surface area contributed by atoms with Crippen molar-refractivity contribution >= 4 is 21.9 Å². The molecule has 0 fully saturated rings. The fourth-order valence-electron chi connectivity index (χ4n) is 0.585. The molecule has 10 heavy (non-hydrogen) atoms. The van der Waals surface area contributed by atoms with Crippen LogP contribution in [-0.2, 0) is 4.74 Å². The minimum Gasteiger partial charge on any atom is -0.449 e. The lowest BCUT2D eigenvalue weighted by Gasteiger charge is -1.95.